The van der Waals surface area contributed by atoms with Crippen LogP contribution in [0.1, 0.15) is 10.8 Å². The average Bonchev–Trinajstić information content (AvgIpc) is 2.67. The van der Waals surface area contributed by atoms with Crippen molar-refractivity contribution in [3.8, 4) is 0 Å². The van der Waals surface area contributed by atoms with Crippen molar-refractivity contribution in [2.75, 3.05) is 32.1 Å². The Hall–Kier alpha value is -2.01. The number of fused-ring (bicyclic) bond motifs is 3. The first-order chi connectivity index (χ1) is 13.0. The maximum Gasteiger partial charge on any atom is 0.241 e. The third-order valence-electron chi connectivity index (χ3n) is 4.75. The molecule has 1 heterocycles. The summed E-state index contributed by atoms with van der Waals surface area (Å²) < 4.78 is 0. The predicted octanol–water partition coefficient (Wildman–Crippen LogP) is 5.23. The summed E-state index contributed by atoms with van der Waals surface area (Å²) in [6.45, 7) is 1.04. The summed E-state index contributed by atoms with van der Waals surface area (Å²) in [5.41, 5.74) is 2.22. The largest absolute Gasteiger partial charge is 0.308 e. The van der Waals surface area contributed by atoms with E-state index in [0.29, 0.717) is 13.1 Å². The second-order valence-corrected chi connectivity index (χ2v) is 8.71. The number of nitrogens with zero attached hydrogens (tertiary/aromatic N) is 2. The number of likely N-dealkylation sites (N-methyl/N-ethyl adjacent to an activating group) is 1. The lowest BCUT2D eigenvalue weighted by Crippen LogP contribution is -2.41. The number of anilines is 1. The molecule has 138 valence electrons. The molecule has 0 saturated carbocycles. The fraction of sp³-hybridized carbons (Fsp3) is 0.227. The molecule has 1 amide bonds. The second-order valence-electron chi connectivity index (χ2n) is 7.03. The summed E-state index contributed by atoms with van der Waals surface area (Å²) >= 11 is 7.88. The summed E-state index contributed by atoms with van der Waals surface area (Å²) in [6.07, 6.45) is 0. The smallest absolute Gasteiger partial charge is 0.241 e. The molecule has 0 fully saturated rings. The van der Waals surface area contributed by atoms with Gasteiger partial charge in [0.05, 0.1) is 17.5 Å². The number of thioether (sulfide) groups is 1. The van der Waals surface area contributed by atoms with Gasteiger partial charge in [0, 0.05) is 21.8 Å². The summed E-state index contributed by atoms with van der Waals surface area (Å²) in [4.78, 5) is 18.1. The Bertz CT molecular complexity index is 987. The van der Waals surface area contributed by atoms with Crippen molar-refractivity contribution in [2.45, 2.75) is 10.1 Å². The van der Waals surface area contributed by atoms with Crippen LogP contribution in [-0.2, 0) is 4.79 Å². The Labute approximate surface area is 168 Å². The average molecular weight is 397 g/mol. The van der Waals surface area contributed by atoms with Gasteiger partial charge < -0.3 is 9.80 Å². The number of hydrogen-bond acceptors (Lipinski definition) is 3. The Morgan fingerprint density at radius 1 is 1.11 bits per heavy atom. The first kappa shape index (κ1) is 18.4. The molecule has 1 unspecified atom stereocenters. The van der Waals surface area contributed by atoms with Gasteiger partial charge in [-0.15, -0.1) is 11.8 Å². The molecule has 0 radical (unpaired) electrons. The molecule has 0 saturated heterocycles. The van der Waals surface area contributed by atoms with Crippen LogP contribution < -0.4 is 4.90 Å². The third-order valence-corrected chi connectivity index (χ3v) is 6.29. The topological polar surface area (TPSA) is 23.6 Å². The predicted molar refractivity (Wildman–Crippen MR) is 115 cm³/mol. The van der Waals surface area contributed by atoms with Crippen molar-refractivity contribution < 1.29 is 4.79 Å². The first-order valence-electron chi connectivity index (χ1n) is 8.92. The van der Waals surface area contributed by atoms with Crippen LogP contribution in [0.3, 0.4) is 0 Å². The number of carbonyl (C=O) groups is 1. The molecule has 0 N–H and O–H groups in total. The van der Waals surface area contributed by atoms with E-state index < -0.39 is 0 Å². The van der Waals surface area contributed by atoms with Crippen LogP contribution in [0.4, 0.5) is 5.69 Å². The molecule has 5 heteroatoms. The van der Waals surface area contributed by atoms with E-state index in [2.05, 4.69) is 36.4 Å². The number of benzene rings is 3. The van der Waals surface area contributed by atoms with Gasteiger partial charge in [0.1, 0.15) is 0 Å². The molecule has 4 rings (SSSR count). The van der Waals surface area contributed by atoms with Crippen LogP contribution in [0.25, 0.3) is 10.8 Å². The molecule has 3 aromatic rings. The number of hydrogen-bond donors (Lipinski definition) is 0. The van der Waals surface area contributed by atoms with E-state index in [1.807, 2.05) is 59.9 Å². The molecule has 0 bridgehead atoms. The normalized spacial score (nSPS) is 16.6. The van der Waals surface area contributed by atoms with Crippen molar-refractivity contribution in [3.05, 3.63) is 71.2 Å². The number of carbonyl (C=O) groups excluding carboxylic acids is 1. The van der Waals surface area contributed by atoms with Gasteiger partial charge in [0.15, 0.2) is 0 Å². The monoisotopic (exact) mass is 396 g/mol. The maximum absolute atomic E-state index is 13.1. The van der Waals surface area contributed by atoms with Crippen LogP contribution in [-0.4, -0.2) is 38.0 Å². The minimum absolute atomic E-state index is 0.122. The zero-order chi connectivity index (χ0) is 19.0. The summed E-state index contributed by atoms with van der Waals surface area (Å²) in [5.74, 6) is 0.122. The number of amides is 1. The van der Waals surface area contributed by atoms with Crippen LogP contribution >= 0.6 is 23.4 Å². The lowest BCUT2D eigenvalue weighted by atomic mass is 10.1. The zero-order valence-corrected chi connectivity index (χ0v) is 16.9. The Morgan fingerprint density at radius 2 is 1.85 bits per heavy atom. The molecule has 1 atom stereocenters. The molecule has 0 aromatic heterocycles. The van der Waals surface area contributed by atoms with E-state index >= 15 is 0 Å². The number of rotatable bonds is 3. The minimum Gasteiger partial charge on any atom is -0.308 e. The van der Waals surface area contributed by atoms with Crippen LogP contribution in [0.15, 0.2) is 65.6 Å². The van der Waals surface area contributed by atoms with Crippen LogP contribution in [0.5, 0.6) is 0 Å². The van der Waals surface area contributed by atoms with Gasteiger partial charge in [-0.2, -0.15) is 0 Å². The highest BCUT2D eigenvalue weighted by molar-refractivity contribution is 7.99. The lowest BCUT2D eigenvalue weighted by molar-refractivity contribution is -0.119. The van der Waals surface area contributed by atoms with Crippen molar-refractivity contribution >= 4 is 45.7 Å². The summed E-state index contributed by atoms with van der Waals surface area (Å²) in [5, 5.41) is 3.20. The van der Waals surface area contributed by atoms with Crippen molar-refractivity contribution in [3.63, 3.8) is 0 Å². The Kier molecular flexibility index (Phi) is 5.13. The van der Waals surface area contributed by atoms with Gasteiger partial charge in [-0.25, -0.2) is 0 Å². The Morgan fingerprint density at radius 3 is 2.59 bits per heavy atom. The molecular weight excluding hydrogens is 376 g/mol. The molecule has 27 heavy (non-hydrogen) atoms. The first-order valence-corrected chi connectivity index (χ1v) is 10.2. The SMILES string of the molecule is CN(C)CC(=O)N1CC(c2ccc(Cl)cc2)Sc2ccc3ccccc3c21. The highest BCUT2D eigenvalue weighted by Crippen LogP contribution is 2.48. The van der Waals surface area contributed by atoms with E-state index in [0.717, 1.165) is 26.4 Å². The van der Waals surface area contributed by atoms with E-state index in [1.54, 1.807) is 0 Å². The van der Waals surface area contributed by atoms with Gasteiger partial charge in [-0.3, -0.25) is 4.79 Å². The maximum atomic E-state index is 13.1. The van der Waals surface area contributed by atoms with Crippen LogP contribution in [0.2, 0.25) is 5.02 Å². The van der Waals surface area contributed by atoms with Gasteiger partial charge >= 0.3 is 0 Å². The van der Waals surface area contributed by atoms with Crippen molar-refractivity contribution in [1.29, 1.82) is 0 Å². The highest BCUT2D eigenvalue weighted by Gasteiger charge is 2.31. The van der Waals surface area contributed by atoms with Gasteiger partial charge in [0.25, 0.3) is 0 Å². The summed E-state index contributed by atoms with van der Waals surface area (Å²) in [6, 6.07) is 20.5. The molecular formula is C22H21ClN2OS. The third kappa shape index (κ3) is 3.70. The molecule has 0 aliphatic carbocycles. The molecule has 1 aliphatic rings. The fourth-order valence-corrected chi connectivity index (χ4v) is 4.92. The quantitative estimate of drug-likeness (QED) is 0.605. The minimum atomic E-state index is 0.122. The van der Waals surface area contributed by atoms with Crippen LogP contribution in [0, 0.1) is 0 Å². The van der Waals surface area contributed by atoms with Gasteiger partial charge in [-0.1, -0.05) is 54.1 Å². The fourth-order valence-electron chi connectivity index (χ4n) is 3.49. The zero-order valence-electron chi connectivity index (χ0n) is 15.4. The summed E-state index contributed by atoms with van der Waals surface area (Å²) in [7, 11) is 3.86. The van der Waals surface area contributed by atoms with E-state index in [9.17, 15) is 4.79 Å². The van der Waals surface area contributed by atoms with Gasteiger partial charge in [0.2, 0.25) is 5.91 Å². The van der Waals surface area contributed by atoms with Crippen molar-refractivity contribution in [1.82, 2.24) is 4.90 Å². The highest BCUT2D eigenvalue weighted by atomic mass is 35.5. The molecule has 0 spiro atoms. The molecule has 3 aromatic carbocycles. The number of halogens is 1. The second kappa shape index (κ2) is 7.55. The molecule has 1 aliphatic heterocycles. The van der Waals surface area contributed by atoms with Crippen molar-refractivity contribution in [2.24, 2.45) is 0 Å². The van der Waals surface area contributed by atoms with E-state index in [4.69, 9.17) is 11.6 Å². The molecule has 3 nitrogen and oxygen atoms in total. The van der Waals surface area contributed by atoms with Gasteiger partial charge in [-0.05, 0) is 43.2 Å². The Balaban J connectivity index is 1.81. The lowest BCUT2D eigenvalue weighted by Gasteiger charge is -2.36. The van der Waals surface area contributed by atoms with E-state index in [-0.39, 0.29) is 11.2 Å². The standard InChI is InChI=1S/C22H21ClN2OS/c1-24(2)14-21(26)25-13-20(16-7-10-17(23)11-8-16)27-19-12-9-15-5-3-4-6-18(15)22(19)25/h3-12,20H,13-14H2,1-2H3. The van der Waals surface area contributed by atoms with E-state index in [1.165, 1.54) is 5.56 Å².